The van der Waals surface area contributed by atoms with Crippen LogP contribution in [0, 0.1) is 0 Å². The van der Waals surface area contributed by atoms with Crippen molar-refractivity contribution in [3.63, 3.8) is 0 Å². The average Bonchev–Trinajstić information content (AvgIpc) is 2.40. The first kappa shape index (κ1) is 15.0. The number of thioether (sulfide) groups is 1. The summed E-state index contributed by atoms with van der Waals surface area (Å²) in [5.41, 5.74) is 0. The van der Waals surface area contributed by atoms with Gasteiger partial charge in [-0.05, 0) is 25.1 Å². The normalized spacial score (nSPS) is 19.5. The summed E-state index contributed by atoms with van der Waals surface area (Å²) in [5.74, 6) is 0.541. The van der Waals surface area contributed by atoms with E-state index in [0.717, 1.165) is 24.5 Å². The third-order valence-corrected chi connectivity index (χ3v) is 4.78. The molecule has 1 amide bonds. The summed E-state index contributed by atoms with van der Waals surface area (Å²) in [4.78, 5) is 15.0. The fraction of sp³-hybridized carbons (Fsp3) is 0.462. The standard InChI is InChI=1S/C13H16Cl2N2OS/c1-9-7-16-4-5-17(9)13(18)8-19-12-6-10(14)2-3-11(12)15/h2-3,6,9,16H,4-5,7-8H2,1H3/t9-/m1/s1. The monoisotopic (exact) mass is 318 g/mol. The number of halogens is 2. The number of piperazine rings is 1. The maximum absolute atomic E-state index is 12.2. The van der Waals surface area contributed by atoms with Gasteiger partial charge in [0.25, 0.3) is 0 Å². The number of rotatable bonds is 3. The maximum atomic E-state index is 12.2. The van der Waals surface area contributed by atoms with Crippen LogP contribution in [-0.4, -0.2) is 42.2 Å². The highest BCUT2D eigenvalue weighted by Gasteiger charge is 2.22. The van der Waals surface area contributed by atoms with Crippen molar-refractivity contribution in [1.82, 2.24) is 10.2 Å². The molecule has 0 spiro atoms. The first-order chi connectivity index (χ1) is 9.08. The van der Waals surface area contributed by atoms with Crippen LogP contribution in [0.3, 0.4) is 0 Å². The zero-order valence-electron chi connectivity index (χ0n) is 10.7. The lowest BCUT2D eigenvalue weighted by molar-refractivity contribution is -0.131. The number of carbonyl (C=O) groups excluding carboxylic acids is 1. The minimum Gasteiger partial charge on any atom is -0.337 e. The molecule has 0 unspecified atom stereocenters. The molecule has 0 aliphatic carbocycles. The third kappa shape index (κ3) is 4.02. The summed E-state index contributed by atoms with van der Waals surface area (Å²) in [6.07, 6.45) is 0. The Morgan fingerprint density at radius 2 is 2.32 bits per heavy atom. The molecule has 1 atom stereocenters. The van der Waals surface area contributed by atoms with Crippen LogP contribution in [0.15, 0.2) is 23.1 Å². The summed E-state index contributed by atoms with van der Waals surface area (Å²) in [7, 11) is 0. The van der Waals surface area contributed by atoms with E-state index in [1.807, 2.05) is 4.90 Å². The molecule has 0 radical (unpaired) electrons. The predicted molar refractivity (Wildman–Crippen MR) is 81.2 cm³/mol. The van der Waals surface area contributed by atoms with E-state index in [1.54, 1.807) is 18.2 Å². The molecule has 104 valence electrons. The maximum Gasteiger partial charge on any atom is 0.233 e. The van der Waals surface area contributed by atoms with Crippen LogP contribution < -0.4 is 5.32 Å². The van der Waals surface area contributed by atoms with Gasteiger partial charge in [0.15, 0.2) is 0 Å². The van der Waals surface area contributed by atoms with Crippen molar-refractivity contribution < 1.29 is 4.79 Å². The summed E-state index contributed by atoms with van der Waals surface area (Å²) in [6.45, 7) is 4.54. The van der Waals surface area contributed by atoms with E-state index in [0.29, 0.717) is 15.8 Å². The van der Waals surface area contributed by atoms with Crippen LogP contribution in [0.4, 0.5) is 0 Å². The zero-order chi connectivity index (χ0) is 13.8. The number of hydrogen-bond acceptors (Lipinski definition) is 3. The second-order valence-corrected chi connectivity index (χ2v) is 6.36. The van der Waals surface area contributed by atoms with Gasteiger partial charge in [-0.15, -0.1) is 11.8 Å². The molecule has 19 heavy (non-hydrogen) atoms. The molecule has 6 heteroatoms. The molecule has 1 aliphatic heterocycles. The van der Waals surface area contributed by atoms with Gasteiger partial charge in [-0.2, -0.15) is 0 Å². The number of benzene rings is 1. The summed E-state index contributed by atoms with van der Waals surface area (Å²) >= 11 is 13.4. The lowest BCUT2D eigenvalue weighted by Crippen LogP contribution is -2.52. The molecule has 1 aromatic rings. The Morgan fingerprint density at radius 3 is 3.05 bits per heavy atom. The molecule has 3 nitrogen and oxygen atoms in total. The second kappa shape index (κ2) is 6.84. The molecule has 0 bridgehead atoms. The Bertz CT molecular complexity index is 470. The lowest BCUT2D eigenvalue weighted by Gasteiger charge is -2.34. The van der Waals surface area contributed by atoms with Gasteiger partial charge in [0.05, 0.1) is 10.8 Å². The van der Waals surface area contributed by atoms with Crippen LogP contribution in [0.2, 0.25) is 10.0 Å². The van der Waals surface area contributed by atoms with Crippen molar-refractivity contribution in [3.05, 3.63) is 28.2 Å². The van der Waals surface area contributed by atoms with Crippen LogP contribution >= 0.6 is 35.0 Å². The minimum absolute atomic E-state index is 0.148. The Labute approximate surface area is 127 Å². The molecular formula is C13H16Cl2N2OS. The van der Waals surface area contributed by atoms with Crippen molar-refractivity contribution in [2.75, 3.05) is 25.4 Å². The summed E-state index contributed by atoms with van der Waals surface area (Å²) in [6, 6.07) is 5.54. The minimum atomic E-state index is 0.148. The van der Waals surface area contributed by atoms with E-state index in [-0.39, 0.29) is 11.9 Å². The summed E-state index contributed by atoms with van der Waals surface area (Å²) in [5, 5.41) is 4.54. The van der Waals surface area contributed by atoms with Crippen molar-refractivity contribution in [2.24, 2.45) is 0 Å². The Balaban J connectivity index is 1.94. The summed E-state index contributed by atoms with van der Waals surface area (Å²) < 4.78 is 0. The van der Waals surface area contributed by atoms with Gasteiger partial charge in [0.1, 0.15) is 0 Å². The third-order valence-electron chi connectivity index (χ3n) is 3.07. The predicted octanol–water partition coefficient (Wildman–Crippen LogP) is 2.91. The highest BCUT2D eigenvalue weighted by molar-refractivity contribution is 8.00. The van der Waals surface area contributed by atoms with Crippen molar-refractivity contribution in [3.8, 4) is 0 Å². The first-order valence-electron chi connectivity index (χ1n) is 6.16. The molecule has 0 saturated carbocycles. The topological polar surface area (TPSA) is 32.3 Å². The fourth-order valence-corrected chi connectivity index (χ4v) is 3.40. The van der Waals surface area contributed by atoms with Crippen LogP contribution in [0.25, 0.3) is 0 Å². The van der Waals surface area contributed by atoms with Crippen LogP contribution in [-0.2, 0) is 4.79 Å². The molecule has 1 aromatic carbocycles. The van der Waals surface area contributed by atoms with Gasteiger partial charge < -0.3 is 10.2 Å². The van der Waals surface area contributed by atoms with Gasteiger partial charge in [0, 0.05) is 35.6 Å². The van der Waals surface area contributed by atoms with Gasteiger partial charge in [-0.25, -0.2) is 0 Å². The zero-order valence-corrected chi connectivity index (χ0v) is 13.0. The Kier molecular flexibility index (Phi) is 5.39. The SMILES string of the molecule is C[C@@H]1CNCCN1C(=O)CSc1cc(Cl)ccc1Cl. The van der Waals surface area contributed by atoms with Crippen molar-refractivity contribution in [1.29, 1.82) is 0 Å². The molecule has 1 heterocycles. The molecule has 1 saturated heterocycles. The smallest absolute Gasteiger partial charge is 0.233 e. The van der Waals surface area contributed by atoms with Gasteiger partial charge in [-0.1, -0.05) is 23.2 Å². The van der Waals surface area contributed by atoms with Gasteiger partial charge in [-0.3, -0.25) is 4.79 Å². The average molecular weight is 319 g/mol. The number of amides is 1. The van der Waals surface area contributed by atoms with Crippen LogP contribution in [0.5, 0.6) is 0 Å². The molecule has 0 aromatic heterocycles. The van der Waals surface area contributed by atoms with E-state index in [4.69, 9.17) is 23.2 Å². The highest BCUT2D eigenvalue weighted by Crippen LogP contribution is 2.30. The number of nitrogens with one attached hydrogen (secondary N) is 1. The molecular weight excluding hydrogens is 303 g/mol. The fourth-order valence-electron chi connectivity index (χ4n) is 2.02. The molecule has 1 fully saturated rings. The first-order valence-corrected chi connectivity index (χ1v) is 7.90. The quantitative estimate of drug-likeness (QED) is 0.870. The Morgan fingerprint density at radius 1 is 1.53 bits per heavy atom. The number of carbonyl (C=O) groups is 1. The van der Waals surface area contributed by atoms with E-state index in [9.17, 15) is 4.79 Å². The molecule has 1 N–H and O–H groups in total. The number of nitrogens with zero attached hydrogens (tertiary/aromatic N) is 1. The van der Waals surface area contributed by atoms with Gasteiger partial charge >= 0.3 is 0 Å². The van der Waals surface area contributed by atoms with Crippen LogP contribution in [0.1, 0.15) is 6.92 Å². The van der Waals surface area contributed by atoms with Crippen molar-refractivity contribution >= 4 is 40.9 Å². The lowest BCUT2D eigenvalue weighted by atomic mass is 10.2. The Hall–Kier alpha value is -0.420. The van der Waals surface area contributed by atoms with Crippen molar-refractivity contribution in [2.45, 2.75) is 17.9 Å². The van der Waals surface area contributed by atoms with E-state index in [1.165, 1.54) is 11.8 Å². The molecule has 2 rings (SSSR count). The van der Waals surface area contributed by atoms with E-state index < -0.39 is 0 Å². The van der Waals surface area contributed by atoms with Gasteiger partial charge in [0.2, 0.25) is 5.91 Å². The molecule has 1 aliphatic rings. The highest BCUT2D eigenvalue weighted by atomic mass is 35.5. The number of hydrogen-bond donors (Lipinski definition) is 1. The van der Waals surface area contributed by atoms with E-state index >= 15 is 0 Å². The van der Waals surface area contributed by atoms with E-state index in [2.05, 4.69) is 12.2 Å². The largest absolute Gasteiger partial charge is 0.337 e. The second-order valence-electron chi connectivity index (χ2n) is 4.50.